The molecule has 0 aliphatic carbocycles. The molecule has 8 nitrogen and oxygen atoms in total. The van der Waals surface area contributed by atoms with E-state index in [1.165, 1.54) is 0 Å². The van der Waals surface area contributed by atoms with Gasteiger partial charge in [0.05, 0.1) is 25.3 Å². The van der Waals surface area contributed by atoms with Crippen molar-refractivity contribution in [1.29, 1.82) is 0 Å². The number of amides is 1. The minimum atomic E-state index is -3.09. The van der Waals surface area contributed by atoms with Gasteiger partial charge in [0.2, 0.25) is 5.91 Å². The number of rotatable bonds is 5. The summed E-state index contributed by atoms with van der Waals surface area (Å²) in [5.41, 5.74) is 1.29. The molecule has 0 spiro atoms. The number of aryl methyl sites for hydroxylation is 1. The van der Waals surface area contributed by atoms with Crippen LogP contribution in [0.2, 0.25) is 6.32 Å². The highest BCUT2D eigenvalue weighted by Gasteiger charge is 2.36. The Morgan fingerprint density at radius 3 is 2.55 bits per heavy atom. The molecule has 0 unspecified atom stereocenters. The van der Waals surface area contributed by atoms with Crippen LogP contribution >= 0.6 is 0 Å². The van der Waals surface area contributed by atoms with Crippen molar-refractivity contribution in [3.63, 3.8) is 0 Å². The fraction of sp³-hybridized carbons (Fsp3) is 0.300. The summed E-state index contributed by atoms with van der Waals surface area (Å²) in [7, 11) is 0. The van der Waals surface area contributed by atoms with E-state index in [9.17, 15) is 24.7 Å². The molecule has 152 valence electrons. The highest BCUT2D eigenvalue weighted by Crippen LogP contribution is 2.38. The van der Waals surface area contributed by atoms with E-state index >= 15 is 0 Å². The fourth-order valence-electron chi connectivity index (χ4n) is 3.61. The second-order valence-corrected chi connectivity index (χ2v) is 7.45. The molecule has 0 bridgehead atoms. The molecule has 1 fully saturated rings. The minimum absolute atomic E-state index is 0.00732. The number of carboxylic acids is 1. The first kappa shape index (κ1) is 19.3. The van der Waals surface area contributed by atoms with Gasteiger partial charge in [-0.15, -0.1) is 0 Å². The summed E-state index contributed by atoms with van der Waals surface area (Å²) in [6.45, 7) is -2.37. The van der Waals surface area contributed by atoms with Crippen LogP contribution in [0.1, 0.15) is 21.5 Å². The number of likely N-dealkylation sites (tertiary alicyclic amines) is 1. The molecule has 1 saturated heterocycles. The van der Waals surface area contributed by atoms with E-state index < -0.39 is 12.7 Å². The Kier molecular flexibility index (Phi) is 4.93. The molecule has 9 heteroatoms. The number of carboxylic acid groups (broad SMARTS) is 1. The first-order valence-corrected chi connectivity index (χ1v) is 9.49. The highest BCUT2D eigenvalue weighted by molar-refractivity contribution is 6.59. The number of benzene rings is 2. The zero-order valence-electron chi connectivity index (χ0n) is 15.7. The van der Waals surface area contributed by atoms with Gasteiger partial charge in [-0.2, -0.15) is 0 Å². The lowest BCUT2D eigenvalue weighted by Gasteiger charge is -2.40. The largest absolute Gasteiger partial charge is 0.669 e. The van der Waals surface area contributed by atoms with E-state index in [1.54, 1.807) is 17.0 Å². The van der Waals surface area contributed by atoms with Crippen LogP contribution in [-0.4, -0.2) is 57.9 Å². The quantitative estimate of drug-likeness (QED) is 0.646. The predicted molar refractivity (Wildman–Crippen MR) is 104 cm³/mol. The van der Waals surface area contributed by atoms with Crippen LogP contribution in [0, 0.1) is 0 Å². The number of fused-ring (bicyclic) bond motifs is 1. The normalized spacial score (nSPS) is 17.7. The van der Waals surface area contributed by atoms with Crippen molar-refractivity contribution in [3.05, 3.63) is 59.2 Å². The van der Waals surface area contributed by atoms with Crippen LogP contribution in [0.25, 0.3) is 0 Å². The lowest BCUT2D eigenvalue weighted by molar-refractivity contribution is -0.139. The number of carbonyl (C=O) groups excluding carboxylic acids is 1. The molecule has 2 aliphatic rings. The second kappa shape index (κ2) is 7.42. The van der Waals surface area contributed by atoms with Crippen LogP contribution in [0.5, 0.6) is 11.5 Å². The van der Waals surface area contributed by atoms with Gasteiger partial charge in [-0.3, -0.25) is 4.79 Å². The first-order chi connectivity index (χ1) is 13.8. The molecule has 4 rings (SSSR count). The van der Waals surface area contributed by atoms with Crippen molar-refractivity contribution in [2.45, 2.75) is 25.3 Å². The summed E-state index contributed by atoms with van der Waals surface area (Å²) in [6, 6.07) is 12.6. The van der Waals surface area contributed by atoms with Crippen molar-refractivity contribution in [2.24, 2.45) is 0 Å². The van der Waals surface area contributed by atoms with E-state index in [4.69, 9.17) is 9.39 Å². The summed E-state index contributed by atoms with van der Waals surface area (Å²) in [4.78, 5) is 25.8. The van der Waals surface area contributed by atoms with Gasteiger partial charge >= 0.3 is 12.7 Å². The summed E-state index contributed by atoms with van der Waals surface area (Å²) < 4.78 is 11.0. The zero-order valence-corrected chi connectivity index (χ0v) is 15.7. The number of hydrogen-bond donors (Lipinski definition) is 3. The Hall–Kier alpha value is -3.04. The Morgan fingerprint density at radius 2 is 1.86 bits per heavy atom. The summed E-state index contributed by atoms with van der Waals surface area (Å²) in [5.74, 6) is -1.27. The number of nitrogens with zero attached hydrogens (tertiary/aromatic N) is 1. The molecule has 29 heavy (non-hydrogen) atoms. The van der Waals surface area contributed by atoms with Gasteiger partial charge < -0.3 is 29.4 Å². The molecule has 1 amide bonds. The molecule has 2 aliphatic heterocycles. The predicted octanol–water partition coefficient (Wildman–Crippen LogP) is 1.08. The zero-order chi connectivity index (χ0) is 20.6. The summed E-state index contributed by atoms with van der Waals surface area (Å²) >= 11 is 0. The molecular formula is C20H21BNO7-. The lowest BCUT2D eigenvalue weighted by atomic mass is 9.70. The number of aromatic carboxylic acids is 1. The van der Waals surface area contributed by atoms with Gasteiger partial charge in [-0.25, -0.2) is 4.79 Å². The van der Waals surface area contributed by atoms with E-state index in [0.717, 1.165) is 5.56 Å². The lowest BCUT2D eigenvalue weighted by Crippen LogP contribution is -2.56. The van der Waals surface area contributed by atoms with Crippen LogP contribution < -0.4 is 9.39 Å². The second-order valence-electron chi connectivity index (χ2n) is 7.45. The third-order valence-corrected chi connectivity index (χ3v) is 5.20. The number of ether oxygens (including phenoxy) is 1. The Bertz CT molecular complexity index is 941. The number of carbonyl (C=O) groups is 2. The van der Waals surface area contributed by atoms with Crippen molar-refractivity contribution < 1.29 is 34.1 Å². The van der Waals surface area contributed by atoms with Gasteiger partial charge in [0, 0.05) is 0 Å². The van der Waals surface area contributed by atoms with E-state index in [-0.39, 0.29) is 35.4 Å². The monoisotopic (exact) mass is 398 g/mol. The molecule has 0 aromatic heterocycles. The average molecular weight is 398 g/mol. The van der Waals surface area contributed by atoms with Crippen LogP contribution in [0.3, 0.4) is 0 Å². The maximum Gasteiger partial charge on any atom is 0.430 e. The van der Waals surface area contributed by atoms with Crippen molar-refractivity contribution in [3.8, 4) is 11.5 Å². The maximum absolute atomic E-state index is 12.3. The Morgan fingerprint density at radius 1 is 1.14 bits per heavy atom. The van der Waals surface area contributed by atoms with Gasteiger partial charge in [-0.05, 0) is 23.6 Å². The number of hydrogen-bond acceptors (Lipinski definition) is 6. The molecule has 3 N–H and O–H groups in total. The van der Waals surface area contributed by atoms with Crippen molar-refractivity contribution in [2.75, 3.05) is 13.1 Å². The van der Waals surface area contributed by atoms with Crippen molar-refractivity contribution in [1.82, 2.24) is 4.90 Å². The van der Waals surface area contributed by atoms with Gasteiger partial charge in [0.15, 0.2) is 0 Å². The van der Waals surface area contributed by atoms with E-state index in [0.29, 0.717) is 31.5 Å². The van der Waals surface area contributed by atoms with Gasteiger partial charge in [0.1, 0.15) is 17.4 Å². The Balaban J connectivity index is 1.43. The average Bonchev–Trinajstić information content (AvgIpc) is 2.63. The van der Waals surface area contributed by atoms with Gasteiger partial charge in [0.25, 0.3) is 0 Å². The molecule has 2 heterocycles. The first-order valence-electron chi connectivity index (χ1n) is 9.49. The fourth-order valence-corrected chi connectivity index (χ4v) is 3.61. The van der Waals surface area contributed by atoms with E-state index in [1.807, 2.05) is 30.3 Å². The van der Waals surface area contributed by atoms with Crippen LogP contribution in [0.15, 0.2) is 42.5 Å². The molecule has 2 aromatic carbocycles. The SMILES string of the molecule is O=C(O)c1c(OC2CN(C(=O)Cc3ccccc3)C2)ccc2c1O[B-](O)(O)CC2. The standard InChI is InChI=1S/C20H21BNO7/c23-17(10-13-4-2-1-3-5-13)22-11-15(12-22)28-16-7-6-14-8-9-21(26,27)29-19(14)18(16)20(24)25/h1-7,15,26-27H,8-12H2,(H,24,25)/q-1. The molecule has 0 radical (unpaired) electrons. The van der Waals surface area contributed by atoms with Gasteiger partial charge in [-0.1, -0.05) is 42.7 Å². The highest BCUT2D eigenvalue weighted by atomic mass is 16.6. The topological polar surface area (TPSA) is 117 Å². The third kappa shape index (κ3) is 4.06. The van der Waals surface area contributed by atoms with Crippen LogP contribution in [-0.2, 0) is 17.6 Å². The van der Waals surface area contributed by atoms with E-state index in [2.05, 4.69) is 0 Å². The molecule has 0 saturated carbocycles. The summed E-state index contributed by atoms with van der Waals surface area (Å²) in [6.07, 6.45) is 0.271. The smallest absolute Gasteiger partial charge is 0.430 e. The summed E-state index contributed by atoms with van der Waals surface area (Å²) in [5, 5.41) is 29.2. The van der Waals surface area contributed by atoms with Crippen molar-refractivity contribution >= 4 is 18.6 Å². The van der Waals surface area contributed by atoms with Crippen LogP contribution in [0.4, 0.5) is 0 Å². The molecule has 0 atom stereocenters. The minimum Gasteiger partial charge on any atom is -0.669 e. The third-order valence-electron chi connectivity index (χ3n) is 5.20. The molecular weight excluding hydrogens is 377 g/mol. The Labute approximate surface area is 167 Å². The maximum atomic E-state index is 12.3. The molecule has 2 aromatic rings.